The molecule has 2 N–H and O–H groups in total. The van der Waals surface area contributed by atoms with E-state index < -0.39 is 17.8 Å². The zero-order valence-corrected chi connectivity index (χ0v) is 21.7. The molecule has 2 amide bonds. The summed E-state index contributed by atoms with van der Waals surface area (Å²) in [5, 5.41) is 12.0. The maximum atomic E-state index is 13.6. The number of amides is 2. The Morgan fingerprint density at radius 1 is 1.00 bits per heavy atom. The molecule has 0 bridgehead atoms. The highest BCUT2D eigenvalue weighted by Crippen LogP contribution is 2.35. The van der Waals surface area contributed by atoms with Gasteiger partial charge >= 0.3 is 5.97 Å². The summed E-state index contributed by atoms with van der Waals surface area (Å²) in [5.41, 5.74) is 4.16. The van der Waals surface area contributed by atoms with E-state index in [2.05, 4.69) is 5.32 Å². The molecule has 0 spiro atoms. The molecule has 1 saturated heterocycles. The van der Waals surface area contributed by atoms with Crippen LogP contribution in [-0.2, 0) is 9.59 Å². The molecule has 0 radical (unpaired) electrons. The van der Waals surface area contributed by atoms with E-state index in [0.717, 1.165) is 17.0 Å². The van der Waals surface area contributed by atoms with Gasteiger partial charge in [0.2, 0.25) is 0 Å². The van der Waals surface area contributed by atoms with Crippen LogP contribution in [-0.4, -0.2) is 46.8 Å². The zero-order valence-electron chi connectivity index (χ0n) is 20.9. The van der Waals surface area contributed by atoms with Gasteiger partial charge in [-0.3, -0.25) is 14.9 Å². The Hall–Kier alpha value is -4.44. The normalized spacial score (nSPS) is 14.7. The van der Waals surface area contributed by atoms with E-state index in [1.54, 1.807) is 36.4 Å². The molecule has 2 heterocycles. The quantitative estimate of drug-likeness (QED) is 0.288. The molecule has 3 aromatic rings. The fourth-order valence-corrected chi connectivity index (χ4v) is 4.56. The summed E-state index contributed by atoms with van der Waals surface area (Å²) in [6.45, 7) is 5.60. The van der Waals surface area contributed by atoms with Gasteiger partial charge in [-0.1, -0.05) is 6.07 Å². The number of ether oxygens (including phenoxy) is 2. The molecule has 0 atom stereocenters. The SMILES string of the molecule is COc1ccc(N2C(=O)/C(=C/c3cc(C)n(-c4cc(C(=O)O)ccc4C)c3C)C(=O)NC2=S)c(OC)c1. The van der Waals surface area contributed by atoms with Crippen LogP contribution in [0.3, 0.4) is 0 Å². The van der Waals surface area contributed by atoms with Gasteiger partial charge in [0.15, 0.2) is 5.11 Å². The van der Waals surface area contributed by atoms with Crippen molar-refractivity contribution in [2.45, 2.75) is 20.8 Å². The van der Waals surface area contributed by atoms with Gasteiger partial charge in [0.05, 0.1) is 25.5 Å². The van der Waals surface area contributed by atoms with Gasteiger partial charge in [-0.2, -0.15) is 0 Å². The first-order valence-electron chi connectivity index (χ1n) is 11.2. The van der Waals surface area contributed by atoms with Crippen molar-refractivity contribution in [3.05, 3.63) is 76.1 Å². The van der Waals surface area contributed by atoms with Crippen molar-refractivity contribution < 1.29 is 29.0 Å². The first-order chi connectivity index (χ1) is 17.6. The average Bonchev–Trinajstić information content (AvgIpc) is 3.14. The minimum absolute atomic E-state index is 0.0674. The second kappa shape index (κ2) is 9.90. The van der Waals surface area contributed by atoms with Gasteiger partial charge in [-0.05, 0) is 80.5 Å². The van der Waals surface area contributed by atoms with Crippen LogP contribution in [0.4, 0.5) is 5.69 Å². The lowest BCUT2D eigenvalue weighted by Gasteiger charge is -2.30. The molecule has 0 aliphatic carbocycles. The first kappa shape index (κ1) is 25.6. The minimum atomic E-state index is -1.03. The number of aromatic carboxylic acids is 1. The fourth-order valence-electron chi connectivity index (χ4n) is 4.29. The number of nitrogens with zero attached hydrogens (tertiary/aromatic N) is 2. The molecule has 9 nitrogen and oxygen atoms in total. The van der Waals surface area contributed by atoms with Gasteiger partial charge < -0.3 is 19.1 Å². The molecular weight excluding hydrogens is 494 g/mol. The number of anilines is 1. The van der Waals surface area contributed by atoms with E-state index in [1.165, 1.54) is 25.2 Å². The Morgan fingerprint density at radius 2 is 1.73 bits per heavy atom. The zero-order chi connectivity index (χ0) is 27.0. The van der Waals surface area contributed by atoms with Crippen LogP contribution < -0.4 is 19.7 Å². The molecule has 2 aromatic carbocycles. The largest absolute Gasteiger partial charge is 0.497 e. The molecular formula is C27H25N3O6S. The Labute approximate surface area is 218 Å². The van der Waals surface area contributed by atoms with Crippen molar-refractivity contribution in [3.63, 3.8) is 0 Å². The smallest absolute Gasteiger partial charge is 0.335 e. The number of hydrogen-bond acceptors (Lipinski definition) is 6. The second-order valence-corrected chi connectivity index (χ2v) is 8.85. The van der Waals surface area contributed by atoms with E-state index in [9.17, 15) is 19.5 Å². The summed E-state index contributed by atoms with van der Waals surface area (Å²) >= 11 is 5.32. The average molecular weight is 520 g/mol. The summed E-state index contributed by atoms with van der Waals surface area (Å²) < 4.78 is 12.6. The molecule has 1 aliphatic rings. The van der Waals surface area contributed by atoms with Crippen LogP contribution in [0.5, 0.6) is 11.5 Å². The Kier molecular flexibility index (Phi) is 6.86. The van der Waals surface area contributed by atoms with Crippen LogP contribution >= 0.6 is 12.2 Å². The molecule has 1 aliphatic heterocycles. The van der Waals surface area contributed by atoms with Gasteiger partial charge in [-0.25, -0.2) is 9.69 Å². The fraction of sp³-hybridized carbons (Fsp3) is 0.185. The van der Waals surface area contributed by atoms with Crippen molar-refractivity contribution in [1.82, 2.24) is 9.88 Å². The van der Waals surface area contributed by atoms with Crippen molar-refractivity contribution in [3.8, 4) is 17.2 Å². The van der Waals surface area contributed by atoms with Crippen LogP contribution in [0.1, 0.15) is 32.9 Å². The number of aromatic nitrogens is 1. The Morgan fingerprint density at radius 3 is 2.38 bits per heavy atom. The molecule has 0 unspecified atom stereocenters. The maximum Gasteiger partial charge on any atom is 0.335 e. The lowest BCUT2D eigenvalue weighted by Crippen LogP contribution is -2.54. The van der Waals surface area contributed by atoms with Gasteiger partial charge in [0.1, 0.15) is 17.1 Å². The molecule has 4 rings (SSSR count). The van der Waals surface area contributed by atoms with Crippen LogP contribution in [0.15, 0.2) is 48.0 Å². The molecule has 1 fully saturated rings. The standard InChI is InChI=1S/C27H25N3O6S/c1-14-6-7-17(26(33)34)12-22(14)29-15(2)10-18(16(29)3)11-20-24(31)28-27(37)30(25(20)32)21-9-8-19(35-4)13-23(21)36-5/h6-13H,1-5H3,(H,33,34)(H,28,31,37)/b20-11+. The summed E-state index contributed by atoms with van der Waals surface area (Å²) in [6.07, 6.45) is 1.51. The van der Waals surface area contributed by atoms with Crippen molar-refractivity contribution in [2.24, 2.45) is 0 Å². The first-order valence-corrected chi connectivity index (χ1v) is 11.6. The highest BCUT2D eigenvalue weighted by atomic mass is 32.1. The molecule has 37 heavy (non-hydrogen) atoms. The third kappa shape index (κ3) is 4.58. The number of carboxylic acid groups (broad SMARTS) is 1. The Bertz CT molecular complexity index is 1500. The second-order valence-electron chi connectivity index (χ2n) is 8.46. The molecule has 0 saturated carbocycles. The number of nitrogens with one attached hydrogen (secondary N) is 1. The number of rotatable bonds is 6. The predicted molar refractivity (Wildman–Crippen MR) is 143 cm³/mol. The van der Waals surface area contributed by atoms with E-state index in [0.29, 0.717) is 28.4 Å². The predicted octanol–water partition coefficient (Wildman–Crippen LogP) is 3.95. The minimum Gasteiger partial charge on any atom is -0.497 e. The lowest BCUT2D eigenvalue weighted by atomic mass is 10.1. The molecule has 10 heteroatoms. The van der Waals surface area contributed by atoms with Crippen molar-refractivity contribution in [1.29, 1.82) is 0 Å². The summed E-state index contributed by atoms with van der Waals surface area (Å²) in [6, 6.07) is 11.6. The molecule has 1 aromatic heterocycles. The number of methoxy groups -OCH3 is 2. The highest BCUT2D eigenvalue weighted by Gasteiger charge is 2.36. The topological polar surface area (TPSA) is 110 Å². The third-order valence-electron chi connectivity index (χ3n) is 6.20. The number of carboxylic acids is 1. The summed E-state index contributed by atoms with van der Waals surface area (Å²) in [4.78, 5) is 39.2. The van der Waals surface area contributed by atoms with E-state index >= 15 is 0 Å². The lowest BCUT2D eigenvalue weighted by molar-refractivity contribution is -0.122. The van der Waals surface area contributed by atoms with Crippen LogP contribution in [0.2, 0.25) is 0 Å². The summed E-state index contributed by atoms with van der Waals surface area (Å²) in [7, 11) is 2.98. The third-order valence-corrected chi connectivity index (χ3v) is 6.48. The van der Waals surface area contributed by atoms with Crippen molar-refractivity contribution >= 4 is 46.9 Å². The number of thiocarbonyl (C=S) groups is 1. The van der Waals surface area contributed by atoms with E-state index in [1.807, 2.05) is 31.4 Å². The molecule has 190 valence electrons. The number of aryl methyl sites for hydroxylation is 2. The maximum absolute atomic E-state index is 13.6. The number of carbonyl (C=O) groups excluding carboxylic acids is 2. The summed E-state index contributed by atoms with van der Waals surface area (Å²) in [5.74, 6) is -1.37. The number of hydrogen-bond donors (Lipinski definition) is 2. The van der Waals surface area contributed by atoms with Gasteiger partial charge in [0, 0.05) is 23.1 Å². The van der Waals surface area contributed by atoms with Gasteiger partial charge in [0.25, 0.3) is 11.8 Å². The van der Waals surface area contributed by atoms with Crippen LogP contribution in [0.25, 0.3) is 11.8 Å². The van der Waals surface area contributed by atoms with Crippen molar-refractivity contribution in [2.75, 3.05) is 19.1 Å². The number of carbonyl (C=O) groups is 3. The number of benzene rings is 2. The highest BCUT2D eigenvalue weighted by molar-refractivity contribution is 7.80. The Balaban J connectivity index is 1.80. The van der Waals surface area contributed by atoms with E-state index in [-0.39, 0.29) is 16.2 Å². The van der Waals surface area contributed by atoms with E-state index in [4.69, 9.17) is 21.7 Å². The van der Waals surface area contributed by atoms with Crippen LogP contribution in [0, 0.1) is 20.8 Å². The van der Waals surface area contributed by atoms with Gasteiger partial charge in [-0.15, -0.1) is 0 Å². The monoisotopic (exact) mass is 519 g/mol.